The van der Waals surface area contributed by atoms with Crippen molar-refractivity contribution < 1.29 is 24.2 Å². The van der Waals surface area contributed by atoms with Gasteiger partial charge in [0, 0.05) is 6.54 Å². The molecular formula is C28H26N2O5S. The van der Waals surface area contributed by atoms with Gasteiger partial charge in [0.05, 0.1) is 23.3 Å². The number of likely N-dealkylation sites (N-methyl/N-ethyl adjacent to an activating group) is 1. The molecule has 1 saturated heterocycles. The molecule has 0 radical (unpaired) electrons. The molecule has 0 aliphatic carbocycles. The number of amides is 1. The molecule has 4 rings (SSSR count). The molecule has 0 spiro atoms. The fraction of sp³-hybridized carbons (Fsp3) is 0.179. The van der Waals surface area contributed by atoms with E-state index in [4.69, 9.17) is 14.6 Å². The lowest BCUT2D eigenvalue weighted by atomic mass is 10.1. The summed E-state index contributed by atoms with van der Waals surface area (Å²) in [6.45, 7) is 4.81. The normalized spacial score (nSPS) is 15.5. The molecule has 1 aliphatic heterocycles. The van der Waals surface area contributed by atoms with E-state index < -0.39 is 5.97 Å². The predicted molar refractivity (Wildman–Crippen MR) is 142 cm³/mol. The van der Waals surface area contributed by atoms with Gasteiger partial charge >= 0.3 is 5.97 Å². The number of thioether (sulfide) groups is 1. The Labute approximate surface area is 214 Å². The molecule has 0 saturated carbocycles. The molecule has 1 aliphatic rings. The average Bonchev–Trinajstić information content (AvgIpc) is 3.16. The largest absolute Gasteiger partial charge is 0.493 e. The summed E-state index contributed by atoms with van der Waals surface area (Å²) >= 11 is 1.28. The highest BCUT2D eigenvalue weighted by Crippen LogP contribution is 2.36. The van der Waals surface area contributed by atoms with E-state index in [1.807, 2.05) is 50.2 Å². The third-order valence-electron chi connectivity index (χ3n) is 5.51. The van der Waals surface area contributed by atoms with E-state index in [1.54, 1.807) is 30.2 Å². The van der Waals surface area contributed by atoms with Gasteiger partial charge in [-0.3, -0.25) is 9.69 Å². The molecule has 36 heavy (non-hydrogen) atoms. The molecule has 0 unspecified atom stereocenters. The van der Waals surface area contributed by atoms with E-state index in [9.17, 15) is 9.59 Å². The Morgan fingerprint density at radius 3 is 2.53 bits per heavy atom. The van der Waals surface area contributed by atoms with Gasteiger partial charge in [0.15, 0.2) is 16.7 Å². The fourth-order valence-corrected chi connectivity index (χ4v) is 4.73. The van der Waals surface area contributed by atoms with Crippen LogP contribution in [0.4, 0.5) is 5.69 Å². The van der Waals surface area contributed by atoms with Gasteiger partial charge in [-0.15, -0.1) is 0 Å². The maximum atomic E-state index is 13.0. The number of hydrogen-bond donors (Lipinski definition) is 1. The number of carboxylic acids is 1. The Morgan fingerprint density at radius 1 is 1.08 bits per heavy atom. The number of carbonyl (C=O) groups is 2. The molecular weight excluding hydrogens is 476 g/mol. The van der Waals surface area contributed by atoms with Crippen LogP contribution in [0.3, 0.4) is 0 Å². The first-order valence-corrected chi connectivity index (χ1v) is 12.2. The van der Waals surface area contributed by atoms with Crippen LogP contribution in [-0.4, -0.2) is 40.7 Å². The molecule has 0 atom stereocenters. The monoisotopic (exact) mass is 502 g/mol. The summed E-state index contributed by atoms with van der Waals surface area (Å²) in [6.07, 6.45) is 1.80. The molecule has 184 valence electrons. The second-order valence-electron chi connectivity index (χ2n) is 8.09. The van der Waals surface area contributed by atoms with Crippen LogP contribution >= 0.6 is 11.8 Å². The fourth-order valence-electron chi connectivity index (χ4n) is 3.67. The number of carboxylic acid groups (broad SMARTS) is 1. The number of methoxy groups -OCH3 is 1. The standard InChI is InChI=1S/C28H26N2O5S/c1-4-30-26(31)25(36-28(30)29-22-11-9-21(10-12-22)27(32)33)16-19-8-13-23(24(15-19)34-3)35-17-20-7-5-6-18(2)14-20/h5-16H,4,17H2,1-3H3,(H,32,33)/b25-16+,29-28?. The number of aromatic carboxylic acids is 1. The van der Waals surface area contributed by atoms with Crippen molar-refractivity contribution in [3.8, 4) is 11.5 Å². The summed E-state index contributed by atoms with van der Waals surface area (Å²) < 4.78 is 11.5. The van der Waals surface area contributed by atoms with E-state index in [1.165, 1.54) is 29.5 Å². The van der Waals surface area contributed by atoms with E-state index in [0.29, 0.717) is 40.4 Å². The van der Waals surface area contributed by atoms with Gasteiger partial charge in [0.25, 0.3) is 5.91 Å². The lowest BCUT2D eigenvalue weighted by Crippen LogP contribution is -2.28. The molecule has 7 nitrogen and oxygen atoms in total. The number of aryl methyl sites for hydroxylation is 1. The molecule has 0 aromatic heterocycles. The van der Waals surface area contributed by atoms with E-state index >= 15 is 0 Å². The number of carbonyl (C=O) groups excluding carboxylic acids is 1. The number of benzene rings is 3. The number of aliphatic imine (C=N–C) groups is 1. The van der Waals surface area contributed by atoms with Crippen molar-refractivity contribution in [2.75, 3.05) is 13.7 Å². The molecule has 1 fully saturated rings. The smallest absolute Gasteiger partial charge is 0.335 e. The highest BCUT2D eigenvalue weighted by molar-refractivity contribution is 8.18. The van der Waals surface area contributed by atoms with Gasteiger partial charge in [-0.05, 0) is 79.2 Å². The lowest BCUT2D eigenvalue weighted by Gasteiger charge is -2.12. The zero-order valence-corrected chi connectivity index (χ0v) is 21.0. The number of ether oxygens (including phenoxy) is 2. The maximum absolute atomic E-state index is 13.0. The van der Waals surface area contributed by atoms with Gasteiger partial charge in [0.2, 0.25) is 0 Å². The first kappa shape index (κ1) is 25.1. The first-order chi connectivity index (χ1) is 17.4. The van der Waals surface area contributed by atoms with Crippen LogP contribution in [0.2, 0.25) is 0 Å². The van der Waals surface area contributed by atoms with Crippen molar-refractivity contribution in [1.82, 2.24) is 4.90 Å². The minimum atomic E-state index is -0.998. The summed E-state index contributed by atoms with van der Waals surface area (Å²) in [5, 5.41) is 9.62. The average molecular weight is 503 g/mol. The topological polar surface area (TPSA) is 88.4 Å². The van der Waals surface area contributed by atoms with Crippen LogP contribution in [0, 0.1) is 6.92 Å². The quantitative estimate of drug-likeness (QED) is 0.386. The third-order valence-corrected chi connectivity index (χ3v) is 6.51. The third kappa shape index (κ3) is 5.78. The van der Waals surface area contributed by atoms with Crippen LogP contribution in [0.5, 0.6) is 11.5 Å². The SMILES string of the molecule is CCN1C(=O)/C(=C\c2ccc(OCc3cccc(C)c3)c(OC)c2)SC1=Nc1ccc(C(=O)O)cc1. The Bertz CT molecular complexity index is 1350. The van der Waals surface area contributed by atoms with Crippen LogP contribution in [0.15, 0.2) is 76.6 Å². The van der Waals surface area contributed by atoms with Crippen LogP contribution in [0.25, 0.3) is 6.08 Å². The van der Waals surface area contributed by atoms with Gasteiger partial charge in [-0.25, -0.2) is 9.79 Å². The van der Waals surface area contributed by atoms with Crippen molar-refractivity contribution >= 4 is 40.6 Å². The molecule has 8 heteroatoms. The van der Waals surface area contributed by atoms with E-state index in [0.717, 1.165) is 11.1 Å². The second-order valence-corrected chi connectivity index (χ2v) is 9.10. The van der Waals surface area contributed by atoms with Crippen molar-refractivity contribution in [3.63, 3.8) is 0 Å². The highest BCUT2D eigenvalue weighted by atomic mass is 32.2. The van der Waals surface area contributed by atoms with Crippen molar-refractivity contribution in [1.29, 1.82) is 0 Å². The molecule has 3 aromatic carbocycles. The molecule has 3 aromatic rings. The van der Waals surface area contributed by atoms with E-state index in [2.05, 4.69) is 11.1 Å². The van der Waals surface area contributed by atoms with Crippen molar-refractivity contribution in [2.45, 2.75) is 20.5 Å². The van der Waals surface area contributed by atoms with E-state index in [-0.39, 0.29) is 11.5 Å². The Morgan fingerprint density at radius 2 is 1.86 bits per heavy atom. The minimum absolute atomic E-state index is 0.137. The van der Waals surface area contributed by atoms with Gasteiger partial charge in [-0.2, -0.15) is 0 Å². The zero-order chi connectivity index (χ0) is 25.7. The number of nitrogens with zero attached hydrogens (tertiary/aromatic N) is 2. The summed E-state index contributed by atoms with van der Waals surface area (Å²) in [5.41, 5.74) is 3.80. The van der Waals surface area contributed by atoms with Crippen molar-refractivity contribution in [3.05, 3.63) is 93.9 Å². The molecule has 1 amide bonds. The van der Waals surface area contributed by atoms with Crippen molar-refractivity contribution in [2.24, 2.45) is 4.99 Å². The van der Waals surface area contributed by atoms with Gasteiger partial charge < -0.3 is 14.6 Å². The summed E-state index contributed by atoms with van der Waals surface area (Å²) in [6, 6.07) is 19.9. The summed E-state index contributed by atoms with van der Waals surface area (Å²) in [5.74, 6) is 0.0604. The Balaban J connectivity index is 1.53. The lowest BCUT2D eigenvalue weighted by molar-refractivity contribution is -0.122. The van der Waals surface area contributed by atoms with Crippen LogP contribution < -0.4 is 9.47 Å². The summed E-state index contributed by atoms with van der Waals surface area (Å²) in [4.78, 5) is 30.8. The number of rotatable bonds is 8. The maximum Gasteiger partial charge on any atom is 0.335 e. The summed E-state index contributed by atoms with van der Waals surface area (Å²) in [7, 11) is 1.58. The minimum Gasteiger partial charge on any atom is -0.493 e. The van der Waals surface area contributed by atoms with Gasteiger partial charge in [0.1, 0.15) is 6.61 Å². The molecule has 0 bridgehead atoms. The predicted octanol–water partition coefficient (Wildman–Crippen LogP) is 5.90. The second kappa shape index (κ2) is 11.1. The first-order valence-electron chi connectivity index (χ1n) is 11.4. The number of amidine groups is 1. The Kier molecular flexibility index (Phi) is 7.75. The zero-order valence-electron chi connectivity index (χ0n) is 20.2. The van der Waals surface area contributed by atoms with Crippen LogP contribution in [0.1, 0.15) is 34.0 Å². The van der Waals surface area contributed by atoms with Gasteiger partial charge in [-0.1, -0.05) is 35.9 Å². The Hall–Kier alpha value is -4.04. The molecule has 1 heterocycles. The number of hydrogen-bond acceptors (Lipinski definition) is 6. The van der Waals surface area contributed by atoms with Crippen LogP contribution in [-0.2, 0) is 11.4 Å². The molecule has 1 N–H and O–H groups in total. The highest BCUT2D eigenvalue weighted by Gasteiger charge is 2.32.